The maximum absolute atomic E-state index is 9.69. The summed E-state index contributed by atoms with van der Waals surface area (Å²) in [7, 11) is 0. The normalized spacial score (nSPS) is 1.75. The molecule has 18 valence electrons. The molecule has 0 rings (SSSR count). The van der Waals surface area contributed by atoms with Gasteiger partial charge in [0.05, 0.1) is 0 Å². The Morgan fingerprint density at radius 3 is 1.25 bits per heavy atom. The Morgan fingerprint density at radius 1 is 1.25 bits per heavy atom. The van der Waals surface area contributed by atoms with E-state index in [1.165, 1.54) is 0 Å². The Kier molecular flexibility index (Phi) is 79.6. The van der Waals surface area contributed by atoms with E-state index in [9.17, 15) is -0.211 Å². The summed E-state index contributed by atoms with van der Waals surface area (Å²) in [5.41, 5.74) is 0. The Hall–Kier alpha value is 2.12. The molecule has 0 unspecified atom stereocenters. The molecule has 0 radical (unpaired) electrons. The van der Waals surface area contributed by atoms with Gasteiger partial charge in [-0.1, -0.05) is 0 Å². The van der Waals surface area contributed by atoms with Crippen LogP contribution in [-0.2, 0) is 0 Å². The average molecular weight is 83.1 g/mol. The van der Waals surface area contributed by atoms with Gasteiger partial charge in [-0.15, -0.1) is 0 Å². The van der Waals surface area contributed by atoms with Gasteiger partial charge in [-0.3, -0.25) is 0 Å². The summed E-state index contributed by atoms with van der Waals surface area (Å²) >= 11 is -0.438. The van der Waals surface area contributed by atoms with Gasteiger partial charge in [-0.25, -0.2) is 0 Å². The van der Waals surface area contributed by atoms with Crippen molar-refractivity contribution < 1.29 is -0.211 Å². The first-order valence-electron chi connectivity index (χ1n) is 0.378. The van der Waals surface area contributed by atoms with E-state index in [0.29, 0.717) is 0 Å². The molecule has 0 bridgehead atoms. The zero-order valence-electron chi connectivity index (χ0n) is 2.09. The molecule has 0 aromatic carbocycles. The first kappa shape index (κ1) is 16.5. The van der Waals surface area contributed by atoms with Gasteiger partial charge in [-0.05, 0) is 0 Å². The minimum atomic E-state index is -0.438. The van der Waals surface area contributed by atoms with Crippen LogP contribution in [0.5, 0.6) is 0 Å². The van der Waals surface area contributed by atoms with Crippen LogP contribution in [0.1, 0.15) is 0 Å². The van der Waals surface area contributed by atoms with E-state index in [1.54, 1.807) is 0 Å². The fraction of sp³-hybridized carbons (Fsp3) is 0. The van der Waals surface area contributed by atoms with Crippen molar-refractivity contribution in [2.45, 2.75) is 0 Å². The van der Waals surface area contributed by atoms with Crippen molar-refractivity contribution in [3.63, 3.8) is 0 Å². The van der Waals surface area contributed by atoms with Gasteiger partial charge in [0.25, 0.3) is 0 Å². The molecule has 4 heteroatoms. The van der Waals surface area contributed by atoms with E-state index in [0.717, 1.165) is 0 Å². The van der Waals surface area contributed by atoms with Crippen molar-refractivity contribution in [1.82, 2.24) is 6.15 Å². The molecule has 3 N–H and O–H groups in total. The molecular weight excluding hydrogens is 79.0 g/mol. The number of rotatable bonds is 0. The van der Waals surface area contributed by atoms with Crippen molar-refractivity contribution in [1.29, 1.82) is 0 Å². The molecule has 0 aromatic rings. The van der Waals surface area contributed by atoms with E-state index < -0.39 is 49.9 Å². The van der Waals surface area contributed by atoms with Gasteiger partial charge in [0.15, 0.2) is 0 Å². The predicted molar refractivity (Wildman–Crippen MR) is 19.0 cm³/mol. The molecule has 0 saturated carbocycles. The van der Waals surface area contributed by atoms with Crippen LogP contribution in [0.3, 0.4) is 0 Å². The SMILES string of the molecule is N.[F][K].[LiH]. The summed E-state index contributed by atoms with van der Waals surface area (Å²) in [5.74, 6) is 0. The van der Waals surface area contributed by atoms with Crippen LogP contribution in [0.15, 0.2) is 0 Å². The standard InChI is InChI=1S/FH.K.Li.H3N.H/h1H;;;1H3;/q;+1;;;/p-1. The van der Waals surface area contributed by atoms with Crippen molar-refractivity contribution in [2.24, 2.45) is 0 Å². The summed E-state index contributed by atoms with van der Waals surface area (Å²) < 4.78 is 9.69. The molecule has 0 aromatic heterocycles. The fourth-order valence-corrected chi connectivity index (χ4v) is 0. The van der Waals surface area contributed by atoms with Crippen molar-refractivity contribution in [3.8, 4) is 0 Å². The van der Waals surface area contributed by atoms with Crippen LogP contribution < -0.4 is 6.15 Å². The van der Waals surface area contributed by atoms with Gasteiger partial charge in [0, 0.05) is 0 Å². The van der Waals surface area contributed by atoms with E-state index in [-0.39, 0.29) is 25.0 Å². The molecule has 0 saturated heterocycles. The second-order valence-electron chi connectivity index (χ2n) is 0. The van der Waals surface area contributed by atoms with Crippen molar-refractivity contribution >= 4 is 68.8 Å². The third kappa shape index (κ3) is 8.92. The van der Waals surface area contributed by atoms with Gasteiger partial charge >= 0.3 is 68.6 Å². The first-order chi connectivity index (χ1) is 1.00. The van der Waals surface area contributed by atoms with Gasteiger partial charge in [-0.2, -0.15) is 0 Å². The van der Waals surface area contributed by atoms with Crippen LogP contribution in [0, 0.1) is 0 Å². The van der Waals surface area contributed by atoms with Crippen LogP contribution in [0.4, 0.5) is -0.211 Å². The Balaban J connectivity index is -0.00000000500. The average Bonchev–Trinajstić information content (AvgIpc) is 1.00. The third-order valence-corrected chi connectivity index (χ3v) is 0. The number of hydrogen-bond donors (Lipinski definition) is 1. The summed E-state index contributed by atoms with van der Waals surface area (Å²) in [6, 6.07) is 0. The molecule has 0 aliphatic carbocycles. The Labute approximate surface area is 73.1 Å². The molecule has 0 aliphatic heterocycles. The summed E-state index contributed by atoms with van der Waals surface area (Å²) in [5, 5.41) is 0. The fourth-order valence-electron chi connectivity index (χ4n) is 0. The number of halogens is 1. The molecule has 0 fully saturated rings. The van der Waals surface area contributed by atoms with E-state index in [2.05, 4.69) is 0 Å². The molecule has 0 heterocycles. The second-order valence-corrected chi connectivity index (χ2v) is 0. The van der Waals surface area contributed by atoms with Gasteiger partial charge in [0.1, 0.15) is 0 Å². The van der Waals surface area contributed by atoms with Crippen molar-refractivity contribution in [2.75, 3.05) is 0 Å². The summed E-state index contributed by atoms with van der Waals surface area (Å²) in [4.78, 5) is 0. The summed E-state index contributed by atoms with van der Waals surface area (Å²) in [6.45, 7) is 0. The molecule has 0 atom stereocenters. The molecule has 0 aliphatic rings. The van der Waals surface area contributed by atoms with E-state index in [1.807, 2.05) is 0 Å². The first-order valence-corrected chi connectivity index (χ1v) is 1.56. The predicted octanol–water partition coefficient (Wildman–Crippen LogP) is -0.447. The Bertz CT molecular complexity index is 8.00. The zero-order valence-corrected chi connectivity index (χ0v) is 5.21. The van der Waals surface area contributed by atoms with Gasteiger partial charge < -0.3 is 6.15 Å². The van der Waals surface area contributed by atoms with Crippen LogP contribution in [0.25, 0.3) is 0 Å². The molecule has 1 nitrogen and oxygen atoms in total. The number of hydrogen-bond acceptors (Lipinski definition) is 1. The minimum absolute atomic E-state index is 0. The topological polar surface area (TPSA) is 35.0 Å². The third-order valence-electron chi connectivity index (χ3n) is 0. The molecular formula is H4FKLiN. The van der Waals surface area contributed by atoms with Crippen LogP contribution in [-0.4, -0.2) is 68.8 Å². The van der Waals surface area contributed by atoms with Gasteiger partial charge in [0.2, 0.25) is 0 Å². The molecule has 4 heavy (non-hydrogen) atoms. The van der Waals surface area contributed by atoms with Crippen LogP contribution in [0.2, 0.25) is 0 Å². The van der Waals surface area contributed by atoms with Crippen molar-refractivity contribution in [3.05, 3.63) is 0 Å². The quantitative estimate of drug-likeness (QED) is 0.395. The monoisotopic (exact) mass is 83.0 g/mol. The maximum atomic E-state index is 9.69. The zero-order chi connectivity index (χ0) is 2.00. The van der Waals surface area contributed by atoms with E-state index >= 15 is 0 Å². The molecule has 0 amide bonds. The Morgan fingerprint density at radius 2 is 1.25 bits per heavy atom. The second kappa shape index (κ2) is 19.3. The summed E-state index contributed by atoms with van der Waals surface area (Å²) in [6.07, 6.45) is 0. The van der Waals surface area contributed by atoms with E-state index in [4.69, 9.17) is 0 Å². The molecule has 0 spiro atoms. The van der Waals surface area contributed by atoms with Crippen LogP contribution >= 0.6 is 0 Å².